The van der Waals surface area contributed by atoms with E-state index in [9.17, 15) is 24.9 Å². The van der Waals surface area contributed by atoms with E-state index in [4.69, 9.17) is 5.11 Å². The van der Waals surface area contributed by atoms with Crippen molar-refractivity contribution in [2.45, 2.75) is 103 Å². The number of rotatable bonds is 14. The number of carbonyl (C=O) groups is 2. The molecule has 0 amide bonds. The highest BCUT2D eigenvalue weighted by atomic mass is 16.4. The van der Waals surface area contributed by atoms with Gasteiger partial charge in [0.1, 0.15) is 11.5 Å². The molecule has 0 spiro atoms. The van der Waals surface area contributed by atoms with Crippen molar-refractivity contribution in [2.75, 3.05) is 0 Å². The summed E-state index contributed by atoms with van der Waals surface area (Å²) >= 11 is 0. The Morgan fingerprint density at radius 3 is 2.36 bits per heavy atom. The molecular weight excluding hydrogens is 360 g/mol. The number of hydrogen-bond donors (Lipinski definition) is 4. The molecule has 162 valence electrons. The number of ketones is 1. The van der Waals surface area contributed by atoms with Crippen molar-refractivity contribution in [3.8, 4) is 0 Å². The first-order valence-corrected chi connectivity index (χ1v) is 10.8. The Morgan fingerprint density at radius 2 is 1.75 bits per heavy atom. The van der Waals surface area contributed by atoms with E-state index < -0.39 is 12.1 Å². The number of unbranched alkanes of at least 4 members (excludes halogenated alkanes) is 2. The molecule has 4 N–H and O–H groups in total. The Morgan fingerprint density at radius 1 is 1.07 bits per heavy atom. The Balaban J connectivity index is 2.44. The molecular formula is C22H38O6. The molecule has 0 aliphatic heterocycles. The molecule has 1 aliphatic rings. The van der Waals surface area contributed by atoms with Crippen molar-refractivity contribution < 1.29 is 30.0 Å². The van der Waals surface area contributed by atoms with Gasteiger partial charge >= 0.3 is 5.97 Å². The smallest absolute Gasteiger partial charge is 0.334 e. The number of aliphatic hydroxyl groups is 3. The Bertz CT molecular complexity index is 527. The molecule has 1 rings (SSSR count). The quantitative estimate of drug-likeness (QED) is 0.199. The topological polar surface area (TPSA) is 115 Å². The highest BCUT2D eigenvalue weighted by Gasteiger charge is 2.40. The summed E-state index contributed by atoms with van der Waals surface area (Å²) in [4.78, 5) is 23.3. The van der Waals surface area contributed by atoms with Crippen LogP contribution in [0.25, 0.3) is 0 Å². The van der Waals surface area contributed by atoms with Crippen LogP contribution in [0.1, 0.15) is 90.9 Å². The summed E-state index contributed by atoms with van der Waals surface area (Å²) in [5, 5.41) is 39.2. The maximum Gasteiger partial charge on any atom is 0.334 e. The molecule has 1 fully saturated rings. The van der Waals surface area contributed by atoms with Crippen molar-refractivity contribution in [3.63, 3.8) is 0 Å². The van der Waals surface area contributed by atoms with Crippen LogP contribution in [0.15, 0.2) is 11.3 Å². The van der Waals surface area contributed by atoms with Crippen molar-refractivity contribution in [3.05, 3.63) is 11.3 Å². The molecule has 1 unspecified atom stereocenters. The summed E-state index contributed by atoms with van der Waals surface area (Å²) in [5.41, 5.74) is 0.0480. The van der Waals surface area contributed by atoms with Gasteiger partial charge in [-0.3, -0.25) is 4.79 Å². The molecule has 0 heterocycles. The average molecular weight is 399 g/mol. The van der Waals surface area contributed by atoms with Crippen molar-refractivity contribution in [2.24, 2.45) is 11.8 Å². The van der Waals surface area contributed by atoms with Gasteiger partial charge in [-0.25, -0.2) is 4.79 Å². The summed E-state index contributed by atoms with van der Waals surface area (Å²) in [6, 6.07) is 0. The van der Waals surface area contributed by atoms with Crippen LogP contribution < -0.4 is 0 Å². The lowest BCUT2D eigenvalue weighted by molar-refractivity contribution is -0.133. The van der Waals surface area contributed by atoms with Crippen LogP contribution in [0.2, 0.25) is 0 Å². The van der Waals surface area contributed by atoms with Crippen molar-refractivity contribution in [1.29, 1.82) is 0 Å². The van der Waals surface area contributed by atoms with Crippen LogP contribution in [-0.2, 0) is 9.59 Å². The zero-order valence-corrected chi connectivity index (χ0v) is 17.4. The average Bonchev–Trinajstić information content (AvgIpc) is 2.90. The maximum atomic E-state index is 12.3. The number of aliphatic carboxylic acids is 1. The molecule has 6 heteroatoms. The van der Waals surface area contributed by atoms with E-state index in [2.05, 4.69) is 6.92 Å². The highest BCUT2D eigenvalue weighted by molar-refractivity contribution is 5.87. The fourth-order valence-electron chi connectivity index (χ4n) is 4.24. The van der Waals surface area contributed by atoms with E-state index in [-0.39, 0.29) is 47.9 Å². The number of aliphatic hydroxyl groups excluding tert-OH is 3. The second kappa shape index (κ2) is 12.9. The third-order valence-electron chi connectivity index (χ3n) is 5.94. The van der Waals surface area contributed by atoms with Crippen LogP contribution in [0, 0.1) is 11.8 Å². The number of carboxylic acids is 1. The van der Waals surface area contributed by atoms with Crippen LogP contribution in [0.5, 0.6) is 0 Å². The maximum absolute atomic E-state index is 12.3. The second-order valence-electron chi connectivity index (χ2n) is 8.06. The second-order valence-corrected chi connectivity index (χ2v) is 8.06. The third-order valence-corrected chi connectivity index (χ3v) is 5.94. The van der Waals surface area contributed by atoms with E-state index >= 15 is 0 Å². The minimum Gasteiger partial charge on any atom is -0.512 e. The van der Waals surface area contributed by atoms with E-state index in [1.54, 1.807) is 6.92 Å². The van der Waals surface area contributed by atoms with E-state index in [0.29, 0.717) is 32.1 Å². The molecule has 1 aliphatic carbocycles. The zero-order valence-electron chi connectivity index (χ0n) is 17.4. The Kier molecular flexibility index (Phi) is 11.4. The standard InChI is InChI=1S/C22H38O6/c1-3-5-9-15(23)10-8-12-18-17(20(25)14-21(18)26)11-6-7-13-19(24)16(4-2)22(27)28/h15,17-18,21,23-24,26H,3-14H2,1-2H3,(H,27,28)/t15?,17-,18-,21-/m1/s1. The number of hydrogen-bond acceptors (Lipinski definition) is 5. The van der Waals surface area contributed by atoms with Gasteiger partial charge in [0, 0.05) is 18.8 Å². The molecule has 0 aromatic carbocycles. The van der Waals surface area contributed by atoms with Gasteiger partial charge in [-0.2, -0.15) is 0 Å². The Labute approximate surface area is 168 Å². The zero-order chi connectivity index (χ0) is 21.1. The minimum absolute atomic E-state index is 0.0480. The number of Topliss-reactive ketones (excluding diaryl/α,β-unsaturated/α-hetero) is 1. The van der Waals surface area contributed by atoms with E-state index in [1.807, 2.05) is 0 Å². The summed E-state index contributed by atoms with van der Waals surface area (Å²) < 4.78 is 0. The highest BCUT2D eigenvalue weighted by Crippen LogP contribution is 2.36. The SMILES string of the molecule is CCCCC(O)CCC[C@H]1[C@H](O)CC(=O)[C@@H]1CCCCC(O)=C(CC)C(=O)O. The van der Waals surface area contributed by atoms with Gasteiger partial charge in [0.15, 0.2) is 0 Å². The van der Waals surface area contributed by atoms with Gasteiger partial charge in [-0.05, 0) is 44.4 Å². The minimum atomic E-state index is -1.09. The molecule has 0 aromatic heterocycles. The van der Waals surface area contributed by atoms with Gasteiger partial charge in [0.25, 0.3) is 0 Å². The summed E-state index contributed by atoms with van der Waals surface area (Å²) in [5.74, 6) is -1.29. The normalized spacial score (nSPS) is 24.3. The van der Waals surface area contributed by atoms with Gasteiger partial charge in [-0.15, -0.1) is 0 Å². The number of allylic oxidation sites excluding steroid dienone is 1. The monoisotopic (exact) mass is 398 g/mol. The van der Waals surface area contributed by atoms with Gasteiger partial charge in [0.2, 0.25) is 0 Å². The van der Waals surface area contributed by atoms with Crippen LogP contribution in [0.3, 0.4) is 0 Å². The fourth-order valence-corrected chi connectivity index (χ4v) is 4.24. The van der Waals surface area contributed by atoms with E-state index in [0.717, 1.165) is 32.1 Å². The van der Waals surface area contributed by atoms with Gasteiger partial charge in [0.05, 0.1) is 17.8 Å². The van der Waals surface area contributed by atoms with Crippen LogP contribution in [-0.4, -0.2) is 44.4 Å². The van der Waals surface area contributed by atoms with Crippen molar-refractivity contribution in [1.82, 2.24) is 0 Å². The molecule has 1 saturated carbocycles. The van der Waals surface area contributed by atoms with Crippen molar-refractivity contribution >= 4 is 11.8 Å². The van der Waals surface area contributed by atoms with Crippen LogP contribution >= 0.6 is 0 Å². The summed E-state index contributed by atoms with van der Waals surface area (Å²) in [6.45, 7) is 3.79. The third kappa shape index (κ3) is 7.92. The van der Waals surface area contributed by atoms with E-state index in [1.165, 1.54) is 0 Å². The summed E-state index contributed by atoms with van der Waals surface area (Å²) in [7, 11) is 0. The summed E-state index contributed by atoms with van der Waals surface area (Å²) in [6.07, 6.45) is 6.99. The lowest BCUT2D eigenvalue weighted by atomic mass is 9.85. The molecule has 0 bridgehead atoms. The predicted octanol–water partition coefficient (Wildman–Crippen LogP) is 4.14. The molecule has 0 radical (unpaired) electrons. The molecule has 0 aromatic rings. The first-order chi connectivity index (χ1) is 13.3. The lowest BCUT2D eigenvalue weighted by Crippen LogP contribution is -2.21. The Hall–Kier alpha value is -1.40. The molecule has 28 heavy (non-hydrogen) atoms. The fraction of sp³-hybridized carbons (Fsp3) is 0.818. The number of carbonyl (C=O) groups excluding carboxylic acids is 1. The molecule has 6 nitrogen and oxygen atoms in total. The first kappa shape index (κ1) is 24.6. The largest absolute Gasteiger partial charge is 0.512 e. The lowest BCUT2D eigenvalue weighted by Gasteiger charge is -2.21. The van der Waals surface area contributed by atoms with Crippen LogP contribution in [0.4, 0.5) is 0 Å². The predicted molar refractivity (Wildman–Crippen MR) is 108 cm³/mol. The van der Waals surface area contributed by atoms with Gasteiger partial charge in [-0.1, -0.05) is 39.5 Å². The molecule has 4 atom stereocenters. The number of carboxylic acid groups (broad SMARTS) is 1. The first-order valence-electron chi connectivity index (χ1n) is 10.8. The molecule has 0 saturated heterocycles. The van der Waals surface area contributed by atoms with Gasteiger partial charge < -0.3 is 20.4 Å².